The summed E-state index contributed by atoms with van der Waals surface area (Å²) in [5.74, 6) is -0.0369. The van der Waals surface area contributed by atoms with Crippen LogP contribution in [0.2, 0.25) is 0 Å². The Hall–Kier alpha value is -1.92. The molecule has 0 radical (unpaired) electrons. The van der Waals surface area contributed by atoms with Crippen LogP contribution in [0.4, 0.5) is 0 Å². The molecule has 0 fully saturated rings. The van der Waals surface area contributed by atoms with E-state index in [-0.39, 0.29) is 18.5 Å². The largest absolute Gasteiger partial charge is 0.466 e. The van der Waals surface area contributed by atoms with Crippen molar-refractivity contribution in [3.8, 4) is 0 Å². The van der Waals surface area contributed by atoms with E-state index in [0.29, 0.717) is 25.9 Å². The van der Waals surface area contributed by atoms with Gasteiger partial charge in [0.05, 0.1) is 25.4 Å². The van der Waals surface area contributed by atoms with E-state index in [2.05, 4.69) is 55.6 Å². The van der Waals surface area contributed by atoms with E-state index in [1.165, 1.54) is 244 Å². The summed E-state index contributed by atoms with van der Waals surface area (Å²) in [7, 11) is 0. The fraction of sp³-hybridized carbons (Fsp3) is 0.873. The van der Waals surface area contributed by atoms with Crippen molar-refractivity contribution in [1.29, 1.82) is 0 Å². The number of amides is 1. The fourth-order valence-electron chi connectivity index (χ4n) is 9.43. The molecule has 0 aromatic carbocycles. The first-order valence-electron chi connectivity index (χ1n) is 30.7. The van der Waals surface area contributed by atoms with Gasteiger partial charge in [0.15, 0.2) is 0 Å². The number of esters is 1. The Kier molecular flexibility index (Phi) is 57.0. The molecule has 0 rings (SSSR count). The number of aliphatic hydroxyl groups excluding tert-OH is 2. The van der Waals surface area contributed by atoms with Crippen LogP contribution in [0.5, 0.6) is 0 Å². The molecule has 0 aromatic rings. The predicted octanol–water partition coefficient (Wildman–Crippen LogP) is 19.2. The zero-order chi connectivity index (χ0) is 50.0. The fourth-order valence-corrected chi connectivity index (χ4v) is 9.43. The van der Waals surface area contributed by atoms with Gasteiger partial charge in [0.1, 0.15) is 0 Å². The maximum atomic E-state index is 12.4. The second-order valence-electron chi connectivity index (χ2n) is 21.0. The highest BCUT2D eigenvalue weighted by Crippen LogP contribution is 2.17. The molecule has 6 heteroatoms. The summed E-state index contributed by atoms with van der Waals surface area (Å²) >= 11 is 0. The topological polar surface area (TPSA) is 95.9 Å². The lowest BCUT2D eigenvalue weighted by Crippen LogP contribution is -2.45. The lowest BCUT2D eigenvalue weighted by molar-refractivity contribution is -0.143. The Morgan fingerprint density at radius 3 is 1.12 bits per heavy atom. The number of ether oxygens (including phenoxy) is 1. The van der Waals surface area contributed by atoms with E-state index < -0.39 is 12.1 Å². The molecule has 1 amide bonds. The van der Waals surface area contributed by atoms with E-state index in [4.69, 9.17) is 4.74 Å². The highest BCUT2D eigenvalue weighted by atomic mass is 16.5. The van der Waals surface area contributed by atoms with Gasteiger partial charge in [0.2, 0.25) is 5.91 Å². The van der Waals surface area contributed by atoms with Crippen molar-refractivity contribution in [2.45, 2.75) is 341 Å². The number of rotatable bonds is 57. The van der Waals surface area contributed by atoms with Gasteiger partial charge in [-0.05, 0) is 83.5 Å². The lowest BCUT2D eigenvalue weighted by atomic mass is 10.0. The average molecular weight is 971 g/mol. The van der Waals surface area contributed by atoms with E-state index in [1.807, 2.05) is 0 Å². The quantitative estimate of drug-likeness (QED) is 0.0321. The van der Waals surface area contributed by atoms with E-state index in [0.717, 1.165) is 51.4 Å². The van der Waals surface area contributed by atoms with Crippen LogP contribution in [0.25, 0.3) is 0 Å². The van der Waals surface area contributed by atoms with Crippen molar-refractivity contribution in [3.05, 3.63) is 36.5 Å². The van der Waals surface area contributed by atoms with Crippen LogP contribution in [0, 0.1) is 0 Å². The van der Waals surface area contributed by atoms with Gasteiger partial charge in [-0.15, -0.1) is 0 Å². The first-order valence-corrected chi connectivity index (χ1v) is 30.7. The molecule has 3 N–H and O–H groups in total. The number of unbranched alkanes of at least 4 members (excludes halogenated alkanes) is 40. The zero-order valence-electron chi connectivity index (χ0n) is 46.3. The minimum Gasteiger partial charge on any atom is -0.466 e. The molecule has 0 aliphatic rings. The van der Waals surface area contributed by atoms with E-state index in [9.17, 15) is 19.8 Å². The second-order valence-corrected chi connectivity index (χ2v) is 21.0. The van der Waals surface area contributed by atoms with Crippen molar-refractivity contribution < 1.29 is 24.5 Å². The molecule has 0 bridgehead atoms. The summed E-state index contributed by atoms with van der Waals surface area (Å²) in [5, 5.41) is 23.1. The highest BCUT2D eigenvalue weighted by Gasteiger charge is 2.20. The van der Waals surface area contributed by atoms with Gasteiger partial charge in [-0.2, -0.15) is 0 Å². The van der Waals surface area contributed by atoms with Gasteiger partial charge in [-0.25, -0.2) is 0 Å². The Labute approximate surface area is 430 Å². The Bertz CT molecular complexity index is 1120. The van der Waals surface area contributed by atoms with Crippen molar-refractivity contribution in [2.75, 3.05) is 13.2 Å². The summed E-state index contributed by atoms with van der Waals surface area (Å²) in [6.45, 7) is 4.93. The third kappa shape index (κ3) is 55.2. The Morgan fingerprint density at radius 2 is 0.725 bits per heavy atom. The number of hydrogen-bond donors (Lipinski definition) is 3. The minimum atomic E-state index is -0.665. The molecule has 0 aliphatic carbocycles. The molecular weight excluding hydrogens is 851 g/mol. The molecule has 0 saturated carbocycles. The molecule has 406 valence electrons. The number of hydrogen-bond acceptors (Lipinski definition) is 5. The highest BCUT2D eigenvalue weighted by molar-refractivity contribution is 5.76. The third-order valence-corrected chi connectivity index (χ3v) is 14.2. The van der Waals surface area contributed by atoms with Crippen LogP contribution in [0.3, 0.4) is 0 Å². The van der Waals surface area contributed by atoms with Crippen LogP contribution >= 0.6 is 0 Å². The van der Waals surface area contributed by atoms with Crippen LogP contribution in [-0.2, 0) is 14.3 Å². The van der Waals surface area contributed by atoms with Crippen molar-refractivity contribution >= 4 is 11.9 Å². The summed E-state index contributed by atoms with van der Waals surface area (Å²) in [6.07, 6.45) is 73.1. The molecule has 2 atom stereocenters. The van der Waals surface area contributed by atoms with Gasteiger partial charge in [0.25, 0.3) is 0 Å². The molecule has 0 aliphatic heterocycles. The predicted molar refractivity (Wildman–Crippen MR) is 301 cm³/mol. The molecule has 0 aromatic heterocycles. The molecule has 0 heterocycles. The van der Waals surface area contributed by atoms with Crippen LogP contribution in [-0.4, -0.2) is 47.4 Å². The van der Waals surface area contributed by atoms with Crippen LogP contribution < -0.4 is 5.32 Å². The SMILES string of the molecule is CCCCCCCC/C=C\CCCCCCCC(=O)OCCCCCCCCCCC/C=C\C/C=C\CCCCCCCCCCCCCC(=O)NC(CO)C(O)CCCCCCCCCCCC. The summed E-state index contributed by atoms with van der Waals surface area (Å²) in [5.41, 5.74) is 0. The standard InChI is InChI=1S/C63H119NO5/c1-3-5-7-9-11-13-15-16-30-34-37-41-45-49-53-57-63(68)69-58-54-50-46-42-38-35-32-29-27-25-23-21-19-17-18-20-22-24-26-28-31-33-36-40-44-48-52-56-62(67)64-60(59-65)61(66)55-51-47-43-39-14-12-10-8-6-4-2/h16-18,21,23,30,60-61,65-66H,3-15,19-20,22,24-29,31-59H2,1-2H3,(H,64,67)/b18-17-,23-21-,30-16-. The summed E-state index contributed by atoms with van der Waals surface area (Å²) in [6, 6.07) is -0.542. The number of allylic oxidation sites excluding steroid dienone is 6. The maximum Gasteiger partial charge on any atom is 0.305 e. The van der Waals surface area contributed by atoms with Crippen molar-refractivity contribution in [2.24, 2.45) is 0 Å². The molecule has 0 spiro atoms. The van der Waals surface area contributed by atoms with Gasteiger partial charge >= 0.3 is 5.97 Å². The van der Waals surface area contributed by atoms with E-state index >= 15 is 0 Å². The van der Waals surface area contributed by atoms with Gasteiger partial charge < -0.3 is 20.3 Å². The first kappa shape index (κ1) is 67.1. The molecule has 69 heavy (non-hydrogen) atoms. The average Bonchev–Trinajstić information content (AvgIpc) is 3.35. The number of aliphatic hydroxyl groups is 2. The van der Waals surface area contributed by atoms with Crippen LogP contribution in [0.15, 0.2) is 36.5 Å². The molecule has 0 saturated heterocycles. The van der Waals surface area contributed by atoms with Gasteiger partial charge in [0, 0.05) is 12.8 Å². The number of carbonyl (C=O) groups is 2. The normalized spacial score (nSPS) is 12.8. The number of nitrogens with one attached hydrogen (secondary N) is 1. The summed E-state index contributed by atoms with van der Waals surface area (Å²) in [4.78, 5) is 24.5. The van der Waals surface area contributed by atoms with Crippen LogP contribution in [0.1, 0.15) is 328 Å². The van der Waals surface area contributed by atoms with E-state index in [1.54, 1.807) is 0 Å². The Balaban J connectivity index is 3.40. The van der Waals surface area contributed by atoms with Crippen molar-refractivity contribution in [1.82, 2.24) is 5.32 Å². The zero-order valence-corrected chi connectivity index (χ0v) is 46.3. The van der Waals surface area contributed by atoms with Gasteiger partial charge in [-0.1, -0.05) is 269 Å². The van der Waals surface area contributed by atoms with Gasteiger partial charge in [-0.3, -0.25) is 9.59 Å². The number of carbonyl (C=O) groups excluding carboxylic acids is 2. The maximum absolute atomic E-state index is 12.4. The summed E-state index contributed by atoms with van der Waals surface area (Å²) < 4.78 is 5.48. The monoisotopic (exact) mass is 970 g/mol. The molecular formula is C63H119NO5. The molecule has 2 unspecified atom stereocenters. The Morgan fingerprint density at radius 1 is 0.406 bits per heavy atom. The van der Waals surface area contributed by atoms with Crippen molar-refractivity contribution in [3.63, 3.8) is 0 Å². The minimum absolute atomic E-state index is 0.00256. The first-order chi connectivity index (χ1) is 34.0. The third-order valence-electron chi connectivity index (χ3n) is 14.2. The smallest absolute Gasteiger partial charge is 0.305 e. The molecule has 6 nitrogen and oxygen atoms in total. The lowest BCUT2D eigenvalue weighted by Gasteiger charge is -2.22. The second kappa shape index (κ2) is 58.6.